The smallest absolute Gasteiger partial charge is 0 e. The summed E-state index contributed by atoms with van der Waals surface area (Å²) in [6.45, 7) is 9.17. The first-order chi connectivity index (χ1) is 29.1. The molecular weight excluding hydrogens is 983 g/mol. The maximum absolute atomic E-state index is 6.56. The van der Waals surface area contributed by atoms with E-state index in [9.17, 15) is 0 Å². The molecule has 0 saturated heterocycles. The molecule has 10 aromatic rings. The first-order valence-corrected chi connectivity index (χ1v) is 28.3. The molecule has 0 spiro atoms. The van der Waals surface area contributed by atoms with E-state index in [2.05, 4.69) is 176 Å². The molecule has 0 fully saturated rings. The third-order valence-electron chi connectivity index (χ3n) is 11.5. The van der Waals surface area contributed by atoms with E-state index >= 15 is 0 Å². The summed E-state index contributed by atoms with van der Waals surface area (Å²) in [5.74, 6) is 8.54. The fourth-order valence-corrected chi connectivity index (χ4v) is 10.4. The maximum atomic E-state index is 6.56. The van der Waals surface area contributed by atoms with Crippen LogP contribution in [0, 0.1) is 12.1 Å². The molecule has 0 saturated carbocycles. The van der Waals surface area contributed by atoms with E-state index in [4.69, 9.17) is 9.40 Å². The minimum Gasteiger partial charge on any atom is 0 e. The molecule has 6 heteroatoms. The Kier molecular flexibility index (Phi) is 12.0. The molecule has 61 heavy (non-hydrogen) atoms. The number of fused-ring (bicyclic) bond motifs is 6. The fourth-order valence-electron chi connectivity index (χ4n) is 8.25. The van der Waals surface area contributed by atoms with Gasteiger partial charge in [0.1, 0.15) is 5.58 Å². The van der Waals surface area contributed by atoms with Gasteiger partial charge < -0.3 is 8.98 Å². The standard InChI is InChI=1S/C41H33N2O.C14H16GeN.Ir/c1-25(2)34-23-29(27-13-6-5-7-14-27)24-35(26(3)4)38(34)43-39-30-16-9-8-15-28(30)21-22-36(39)42-41(43)33-19-12-18-32-31-17-10-11-20-37(31)44-40(32)33;1-15(2,3)13-9-10-14(16-11-13)12-7-5-4-6-8-12;/h5-18,20-26H,1-4H3;4-7,9-11H,1-3H3;/q2*-1;. The van der Waals surface area contributed by atoms with Gasteiger partial charge in [-0.25, -0.2) is 0 Å². The number of furan rings is 1. The first-order valence-electron chi connectivity index (χ1n) is 21.0. The van der Waals surface area contributed by atoms with E-state index in [0.29, 0.717) is 0 Å². The molecule has 3 heterocycles. The zero-order valence-corrected chi connectivity index (χ0v) is 40.2. The topological polar surface area (TPSA) is 43.9 Å². The van der Waals surface area contributed by atoms with Gasteiger partial charge in [0.25, 0.3) is 0 Å². The maximum Gasteiger partial charge on any atom is 0 e. The molecule has 0 bridgehead atoms. The van der Waals surface area contributed by atoms with E-state index in [-0.39, 0.29) is 31.9 Å². The number of para-hydroxylation sites is 1. The Labute approximate surface area is 375 Å². The van der Waals surface area contributed by atoms with Crippen LogP contribution in [0.3, 0.4) is 0 Å². The van der Waals surface area contributed by atoms with Crippen LogP contribution in [0.1, 0.15) is 50.7 Å². The largest absolute Gasteiger partial charge is 0 e. The second-order valence-electron chi connectivity index (χ2n) is 17.3. The molecule has 0 unspecified atom stereocenters. The van der Waals surface area contributed by atoms with Gasteiger partial charge in [0.05, 0.1) is 22.4 Å². The van der Waals surface area contributed by atoms with Crippen LogP contribution in [0.5, 0.6) is 0 Å². The molecule has 0 aliphatic carbocycles. The molecular formula is C55H49GeIrN3O-2. The molecule has 0 aliphatic heterocycles. The monoisotopic (exact) mass is 1030 g/mol. The van der Waals surface area contributed by atoms with Crippen LogP contribution in [-0.2, 0) is 20.1 Å². The molecule has 4 nitrogen and oxygen atoms in total. The van der Waals surface area contributed by atoms with Crippen molar-refractivity contribution in [3.05, 3.63) is 181 Å². The Morgan fingerprint density at radius 3 is 1.98 bits per heavy atom. The number of pyridine rings is 1. The zero-order chi connectivity index (χ0) is 41.5. The summed E-state index contributed by atoms with van der Waals surface area (Å²) in [5, 5.41) is 4.54. The van der Waals surface area contributed by atoms with E-state index in [1.54, 1.807) is 0 Å². The van der Waals surface area contributed by atoms with Gasteiger partial charge in [0, 0.05) is 36.6 Å². The number of hydrogen-bond donors (Lipinski definition) is 0. The van der Waals surface area contributed by atoms with Crippen LogP contribution >= 0.6 is 0 Å². The van der Waals surface area contributed by atoms with Crippen molar-refractivity contribution in [3.8, 4) is 39.5 Å². The van der Waals surface area contributed by atoms with Crippen molar-refractivity contribution in [2.45, 2.75) is 56.8 Å². The van der Waals surface area contributed by atoms with Crippen LogP contribution in [0.15, 0.2) is 162 Å². The number of nitrogens with zero attached hydrogens (tertiary/aromatic N) is 3. The number of benzene rings is 7. The summed E-state index contributed by atoms with van der Waals surface area (Å²) in [4.78, 5) is 9.91. The Bertz CT molecular complexity index is 3090. The third-order valence-corrected chi connectivity index (χ3v) is 15.7. The summed E-state index contributed by atoms with van der Waals surface area (Å²) in [5.41, 5.74) is 12.9. The van der Waals surface area contributed by atoms with Gasteiger partial charge in [-0.15, -0.1) is 18.2 Å². The summed E-state index contributed by atoms with van der Waals surface area (Å²) in [6, 6.07) is 59.8. The van der Waals surface area contributed by atoms with E-state index < -0.39 is 13.3 Å². The van der Waals surface area contributed by atoms with Crippen molar-refractivity contribution in [1.29, 1.82) is 0 Å². The van der Waals surface area contributed by atoms with Crippen LogP contribution in [0.2, 0.25) is 17.3 Å². The first kappa shape index (κ1) is 42.1. The minimum absolute atomic E-state index is 0. The Morgan fingerprint density at radius 1 is 0.623 bits per heavy atom. The van der Waals surface area contributed by atoms with Gasteiger partial charge in [0.2, 0.25) is 0 Å². The summed E-state index contributed by atoms with van der Waals surface area (Å²) >= 11 is -1.72. The second kappa shape index (κ2) is 17.4. The summed E-state index contributed by atoms with van der Waals surface area (Å²) in [6.07, 6.45) is 2.04. The molecule has 0 amide bonds. The Morgan fingerprint density at radius 2 is 1.31 bits per heavy atom. The Hall–Kier alpha value is -5.59. The minimum atomic E-state index is -1.72. The number of aromatic nitrogens is 3. The van der Waals surface area contributed by atoms with Crippen molar-refractivity contribution in [2.24, 2.45) is 0 Å². The SMILES string of the molecule is CC(C)c1cc(-c2ccccc2)cc(C(C)C)c1-n1c(-c2[c-]ccc3c2oc2ccccc23)nc2ccc3ccccc3c21.[CH3][Ge]([CH3])([CH3])[c]1ccc(-c2[c-]cccc2)nc1.[Ir]. The zero-order valence-electron chi connectivity index (χ0n) is 35.7. The molecule has 1 radical (unpaired) electrons. The van der Waals surface area contributed by atoms with Crippen LogP contribution in [0.4, 0.5) is 0 Å². The fraction of sp³-hybridized carbons (Fsp3) is 0.164. The molecule has 0 atom stereocenters. The van der Waals surface area contributed by atoms with Crippen LogP contribution in [0.25, 0.3) is 83.2 Å². The molecule has 0 aliphatic rings. The van der Waals surface area contributed by atoms with Crippen molar-refractivity contribution in [1.82, 2.24) is 14.5 Å². The third kappa shape index (κ3) is 8.15. The Balaban J connectivity index is 0.000000255. The molecule has 3 aromatic heterocycles. The molecule has 10 rings (SSSR count). The van der Waals surface area contributed by atoms with Crippen molar-refractivity contribution < 1.29 is 24.5 Å². The number of hydrogen-bond acceptors (Lipinski definition) is 3. The average molecular weight is 1030 g/mol. The van der Waals surface area contributed by atoms with Gasteiger partial charge in [0.15, 0.2) is 0 Å². The van der Waals surface area contributed by atoms with Gasteiger partial charge in [-0.2, -0.15) is 0 Å². The number of rotatable bonds is 7. The van der Waals surface area contributed by atoms with E-state index in [1.807, 2.05) is 48.7 Å². The van der Waals surface area contributed by atoms with Gasteiger partial charge in [-0.1, -0.05) is 118 Å². The predicted octanol–water partition coefficient (Wildman–Crippen LogP) is 14.6. The van der Waals surface area contributed by atoms with Crippen molar-refractivity contribution in [2.75, 3.05) is 0 Å². The molecule has 305 valence electrons. The molecule has 0 N–H and O–H groups in total. The van der Waals surface area contributed by atoms with Gasteiger partial charge in [-0.05, 0) is 63.7 Å². The number of imidazole rings is 1. The van der Waals surface area contributed by atoms with Gasteiger partial charge in [-0.3, -0.25) is 4.98 Å². The average Bonchev–Trinajstić information content (AvgIpc) is 3.86. The van der Waals surface area contributed by atoms with Crippen molar-refractivity contribution in [3.63, 3.8) is 0 Å². The second-order valence-corrected chi connectivity index (χ2v) is 27.9. The van der Waals surface area contributed by atoms with E-state index in [0.717, 1.165) is 55.6 Å². The van der Waals surface area contributed by atoms with Gasteiger partial charge >= 0.3 is 99.8 Å². The quantitative estimate of drug-likeness (QED) is 0.118. The molecule has 7 aromatic carbocycles. The summed E-state index contributed by atoms with van der Waals surface area (Å²) < 4.78 is 10.4. The summed E-state index contributed by atoms with van der Waals surface area (Å²) in [7, 11) is 0. The predicted molar refractivity (Wildman–Crippen MR) is 255 cm³/mol. The van der Waals surface area contributed by atoms with E-state index in [1.165, 1.54) is 43.1 Å². The van der Waals surface area contributed by atoms with Crippen LogP contribution < -0.4 is 4.40 Å². The van der Waals surface area contributed by atoms with Crippen LogP contribution in [-0.4, -0.2) is 27.8 Å². The van der Waals surface area contributed by atoms with Crippen molar-refractivity contribution >= 4 is 61.4 Å². The normalized spacial score (nSPS) is 11.7.